The van der Waals surface area contributed by atoms with Gasteiger partial charge in [0, 0.05) is 30.8 Å². The molecule has 2 heterocycles. The van der Waals surface area contributed by atoms with Crippen LogP contribution in [0, 0.1) is 0 Å². The van der Waals surface area contributed by atoms with E-state index in [-0.39, 0.29) is 34.0 Å². The molecule has 2 aromatic rings. The number of sulfonamides is 1. The van der Waals surface area contributed by atoms with Gasteiger partial charge in [-0.2, -0.15) is 0 Å². The highest BCUT2D eigenvalue weighted by atomic mass is 35.5. The predicted molar refractivity (Wildman–Crippen MR) is 125 cm³/mol. The van der Waals surface area contributed by atoms with Gasteiger partial charge in [0.1, 0.15) is 17.5 Å². The van der Waals surface area contributed by atoms with Crippen molar-refractivity contribution < 1.29 is 22.7 Å². The van der Waals surface area contributed by atoms with Crippen molar-refractivity contribution in [1.82, 2.24) is 9.88 Å². The number of likely N-dealkylation sites (tertiary alicyclic amines) is 1. The van der Waals surface area contributed by atoms with Crippen LogP contribution in [0.5, 0.6) is 5.75 Å². The Balaban J connectivity index is 1.66. The molecule has 176 valence electrons. The number of amides is 1. The van der Waals surface area contributed by atoms with Gasteiger partial charge in [0.15, 0.2) is 5.82 Å². The lowest BCUT2D eigenvalue weighted by molar-refractivity contribution is -0.00466. The number of nitrogens with zero attached hydrogens (tertiary/aromatic N) is 2. The molecule has 1 aromatic heterocycles. The number of hydrogen-bond acceptors (Lipinski definition) is 7. The van der Waals surface area contributed by atoms with Crippen LogP contribution in [-0.2, 0) is 14.8 Å². The largest absolute Gasteiger partial charge is 0.489 e. The lowest BCUT2D eigenvalue weighted by Gasteiger charge is -2.39. The van der Waals surface area contributed by atoms with Gasteiger partial charge in [0.2, 0.25) is 0 Å². The molecule has 1 amide bonds. The molecule has 0 unspecified atom stereocenters. The van der Waals surface area contributed by atoms with Crippen LogP contribution in [0.1, 0.15) is 47.0 Å². The zero-order valence-corrected chi connectivity index (χ0v) is 20.9. The maximum absolute atomic E-state index is 12.5. The second-order valence-corrected chi connectivity index (χ2v) is 11.4. The van der Waals surface area contributed by atoms with Gasteiger partial charge in [-0.25, -0.2) is 18.2 Å². The van der Waals surface area contributed by atoms with Crippen LogP contribution in [0.15, 0.2) is 34.0 Å². The van der Waals surface area contributed by atoms with Crippen molar-refractivity contribution in [2.75, 3.05) is 11.3 Å². The smallest absolute Gasteiger partial charge is 0.410 e. The minimum atomic E-state index is -3.80. The fourth-order valence-corrected chi connectivity index (χ4v) is 5.33. The molecular formula is C21H28ClN3O5S2. The number of rotatable bonds is 6. The molecule has 1 saturated heterocycles. The lowest BCUT2D eigenvalue weighted by Crippen LogP contribution is -2.50. The molecule has 32 heavy (non-hydrogen) atoms. The summed E-state index contributed by atoms with van der Waals surface area (Å²) in [6.45, 7) is 8.08. The number of piperidine rings is 1. The summed E-state index contributed by atoms with van der Waals surface area (Å²) < 4.78 is 39.1. The van der Waals surface area contributed by atoms with Crippen molar-refractivity contribution in [2.45, 2.75) is 69.6 Å². The van der Waals surface area contributed by atoms with Crippen molar-refractivity contribution in [2.24, 2.45) is 0 Å². The molecule has 0 radical (unpaired) electrons. The van der Waals surface area contributed by atoms with E-state index in [1.165, 1.54) is 23.5 Å². The Kier molecular flexibility index (Phi) is 7.57. The van der Waals surface area contributed by atoms with Gasteiger partial charge in [0.05, 0.1) is 15.4 Å². The highest BCUT2D eigenvalue weighted by Gasteiger charge is 2.34. The monoisotopic (exact) mass is 501 g/mol. The first-order chi connectivity index (χ1) is 15.0. The van der Waals surface area contributed by atoms with Crippen molar-refractivity contribution >= 4 is 44.9 Å². The predicted octanol–water partition coefficient (Wildman–Crippen LogP) is 5.15. The Hall–Kier alpha value is -2.04. The van der Waals surface area contributed by atoms with E-state index in [1.807, 2.05) is 27.7 Å². The topological polar surface area (TPSA) is 97.8 Å². The summed E-state index contributed by atoms with van der Waals surface area (Å²) in [5, 5.41) is 1.80. The zero-order chi connectivity index (χ0) is 23.5. The second-order valence-electron chi connectivity index (χ2n) is 8.57. The van der Waals surface area contributed by atoms with Crippen LogP contribution >= 0.6 is 22.9 Å². The van der Waals surface area contributed by atoms with E-state index >= 15 is 0 Å². The third-order valence-corrected chi connectivity index (χ3v) is 7.18. The normalized spacial score (nSPS) is 19.5. The average molecular weight is 502 g/mol. The van der Waals surface area contributed by atoms with Crippen molar-refractivity contribution in [3.63, 3.8) is 0 Å². The number of carbonyl (C=O) groups is 1. The van der Waals surface area contributed by atoms with Gasteiger partial charge in [-0.05, 0) is 45.4 Å². The number of ether oxygens (including phenoxy) is 2. The molecule has 0 saturated carbocycles. The minimum absolute atomic E-state index is 0.00987. The molecular weight excluding hydrogens is 474 g/mol. The summed E-state index contributed by atoms with van der Waals surface area (Å²) in [6, 6.07) is 4.35. The summed E-state index contributed by atoms with van der Waals surface area (Å²) in [7, 11) is -3.80. The number of halogens is 1. The molecule has 1 aromatic carbocycles. The van der Waals surface area contributed by atoms with Gasteiger partial charge in [-0.1, -0.05) is 18.5 Å². The SMILES string of the molecule is CC[C@H]1C[C@H](Oc2ccc(S(=O)(=O)Nc3cscn3)cc2Cl)CCN1C(=O)OC(C)(C)C. The molecule has 0 aliphatic carbocycles. The van der Waals surface area contributed by atoms with E-state index in [9.17, 15) is 13.2 Å². The zero-order valence-electron chi connectivity index (χ0n) is 18.5. The number of carbonyl (C=O) groups excluding carboxylic acids is 1. The molecule has 0 bridgehead atoms. The highest BCUT2D eigenvalue weighted by molar-refractivity contribution is 7.92. The van der Waals surface area contributed by atoms with E-state index in [0.29, 0.717) is 25.1 Å². The Morgan fingerprint density at radius 1 is 1.38 bits per heavy atom. The first-order valence-electron chi connectivity index (χ1n) is 10.4. The first kappa shape index (κ1) is 24.6. The van der Waals surface area contributed by atoms with Gasteiger partial charge >= 0.3 is 6.09 Å². The summed E-state index contributed by atoms with van der Waals surface area (Å²) in [5.41, 5.74) is 0.992. The molecule has 1 aliphatic heterocycles. The molecule has 0 spiro atoms. The Labute approximate surface area is 197 Å². The molecule has 1 N–H and O–H groups in total. The van der Waals surface area contributed by atoms with E-state index in [0.717, 1.165) is 6.42 Å². The van der Waals surface area contributed by atoms with Crippen LogP contribution < -0.4 is 9.46 Å². The number of benzene rings is 1. The summed E-state index contributed by atoms with van der Waals surface area (Å²) in [6.07, 6.45) is 1.57. The lowest BCUT2D eigenvalue weighted by atomic mass is 9.97. The van der Waals surface area contributed by atoms with Gasteiger partial charge in [-0.3, -0.25) is 4.72 Å². The van der Waals surface area contributed by atoms with Crippen LogP contribution in [0.2, 0.25) is 5.02 Å². The number of thiazole rings is 1. The fourth-order valence-electron chi connectivity index (χ4n) is 3.45. The van der Waals surface area contributed by atoms with Crippen molar-refractivity contribution in [3.05, 3.63) is 34.1 Å². The Morgan fingerprint density at radius 3 is 2.72 bits per heavy atom. The third-order valence-electron chi connectivity index (χ3n) is 4.95. The van der Waals surface area contributed by atoms with Crippen molar-refractivity contribution in [1.29, 1.82) is 0 Å². The van der Waals surface area contributed by atoms with Crippen LogP contribution in [0.25, 0.3) is 0 Å². The van der Waals surface area contributed by atoms with E-state index < -0.39 is 15.6 Å². The quantitative estimate of drug-likeness (QED) is 0.587. The molecule has 8 nitrogen and oxygen atoms in total. The summed E-state index contributed by atoms with van der Waals surface area (Å²) in [5.74, 6) is 0.665. The number of nitrogens with one attached hydrogen (secondary N) is 1. The first-order valence-corrected chi connectivity index (χ1v) is 13.2. The fraction of sp³-hybridized carbons (Fsp3) is 0.524. The van der Waals surface area contributed by atoms with E-state index in [4.69, 9.17) is 21.1 Å². The van der Waals surface area contributed by atoms with Crippen molar-refractivity contribution in [3.8, 4) is 5.75 Å². The van der Waals surface area contributed by atoms with Gasteiger partial charge in [-0.15, -0.1) is 11.3 Å². The Morgan fingerprint density at radius 2 is 2.12 bits per heavy atom. The second kappa shape index (κ2) is 9.84. The van der Waals surface area contributed by atoms with Gasteiger partial charge < -0.3 is 14.4 Å². The molecule has 1 aliphatic rings. The summed E-state index contributed by atoms with van der Waals surface area (Å²) >= 11 is 7.63. The van der Waals surface area contributed by atoms with E-state index in [1.54, 1.807) is 21.9 Å². The van der Waals surface area contributed by atoms with Crippen LogP contribution in [-0.4, -0.2) is 48.7 Å². The van der Waals surface area contributed by atoms with Gasteiger partial charge in [0.25, 0.3) is 10.0 Å². The maximum Gasteiger partial charge on any atom is 0.410 e. The molecule has 1 fully saturated rings. The Bertz CT molecular complexity index is 1040. The molecule has 2 atom stereocenters. The standard InChI is InChI=1S/C21H28ClN3O5S2/c1-5-14-10-15(8-9-25(14)20(26)30-21(2,3)4)29-18-7-6-16(11-17(18)22)32(27,28)24-19-12-31-13-23-19/h6-7,11-15,24H,5,8-10H2,1-4H3/t14-,15+/m0/s1. The van der Waals surface area contributed by atoms with Crippen LogP contribution in [0.3, 0.4) is 0 Å². The number of aromatic nitrogens is 1. The summed E-state index contributed by atoms with van der Waals surface area (Å²) in [4.78, 5) is 18.2. The maximum atomic E-state index is 12.5. The third kappa shape index (κ3) is 6.26. The average Bonchev–Trinajstić information content (AvgIpc) is 3.20. The van der Waals surface area contributed by atoms with E-state index in [2.05, 4.69) is 9.71 Å². The van der Waals surface area contributed by atoms with Crippen LogP contribution in [0.4, 0.5) is 10.6 Å². The number of anilines is 1. The highest BCUT2D eigenvalue weighted by Crippen LogP contribution is 2.32. The molecule has 3 rings (SSSR count). The molecule has 11 heteroatoms. The minimum Gasteiger partial charge on any atom is -0.489 e. The number of hydrogen-bond donors (Lipinski definition) is 1.